The van der Waals surface area contributed by atoms with Gasteiger partial charge in [-0.2, -0.15) is 0 Å². The van der Waals surface area contributed by atoms with Crippen LogP contribution in [0.1, 0.15) is 29.6 Å². The van der Waals surface area contributed by atoms with Gasteiger partial charge in [-0.05, 0) is 31.4 Å². The fourth-order valence-corrected chi connectivity index (χ4v) is 3.11. The molecule has 1 aromatic carbocycles. The van der Waals surface area contributed by atoms with Gasteiger partial charge in [0.05, 0.1) is 16.3 Å². The lowest BCUT2D eigenvalue weighted by Crippen LogP contribution is -2.28. The minimum atomic E-state index is -1.02. The van der Waals surface area contributed by atoms with Crippen LogP contribution in [0.5, 0.6) is 0 Å². The van der Waals surface area contributed by atoms with Gasteiger partial charge >= 0.3 is 5.97 Å². The first-order valence-electron chi connectivity index (χ1n) is 6.87. The van der Waals surface area contributed by atoms with E-state index in [2.05, 4.69) is 10.2 Å². The Kier molecular flexibility index (Phi) is 3.48. The smallest absolute Gasteiger partial charge is 0.337 e. The van der Waals surface area contributed by atoms with Gasteiger partial charge in [0.25, 0.3) is 0 Å². The summed E-state index contributed by atoms with van der Waals surface area (Å²) in [6, 6.07) is 4.02. The van der Waals surface area contributed by atoms with E-state index in [0.717, 1.165) is 25.6 Å². The number of carboxylic acids is 1. The van der Waals surface area contributed by atoms with Crippen LogP contribution >= 0.6 is 11.6 Å². The van der Waals surface area contributed by atoms with Gasteiger partial charge < -0.3 is 16.2 Å². The summed E-state index contributed by atoms with van der Waals surface area (Å²) in [6.07, 6.45) is 3.59. The van der Waals surface area contributed by atoms with Gasteiger partial charge in [0.1, 0.15) is 0 Å². The van der Waals surface area contributed by atoms with Crippen molar-refractivity contribution in [2.24, 2.45) is 0 Å². The van der Waals surface area contributed by atoms with E-state index in [9.17, 15) is 9.90 Å². The third kappa shape index (κ3) is 2.69. The molecule has 1 heterocycles. The summed E-state index contributed by atoms with van der Waals surface area (Å²) < 4.78 is 0. The Labute approximate surface area is 122 Å². The Morgan fingerprint density at radius 1 is 1.40 bits per heavy atom. The van der Waals surface area contributed by atoms with Crippen molar-refractivity contribution in [2.45, 2.75) is 31.3 Å². The van der Waals surface area contributed by atoms with Crippen LogP contribution in [0, 0.1) is 0 Å². The number of halogens is 1. The predicted molar refractivity (Wildman–Crippen MR) is 79.4 cm³/mol. The number of nitrogens with two attached hydrogens (primary N) is 1. The van der Waals surface area contributed by atoms with Crippen LogP contribution in [-0.4, -0.2) is 41.1 Å². The van der Waals surface area contributed by atoms with E-state index >= 15 is 0 Å². The maximum atomic E-state index is 11.3. The van der Waals surface area contributed by atoms with Crippen molar-refractivity contribution in [2.75, 3.05) is 24.1 Å². The summed E-state index contributed by atoms with van der Waals surface area (Å²) in [5.41, 5.74) is 6.65. The van der Waals surface area contributed by atoms with Crippen molar-refractivity contribution in [3.63, 3.8) is 0 Å². The average molecular weight is 296 g/mol. The maximum absolute atomic E-state index is 11.3. The Bertz CT molecular complexity index is 545. The molecule has 5 nitrogen and oxygen atoms in total. The molecule has 1 atom stereocenters. The molecule has 1 saturated carbocycles. The summed E-state index contributed by atoms with van der Waals surface area (Å²) in [7, 11) is 0. The van der Waals surface area contributed by atoms with Crippen LogP contribution in [0.2, 0.25) is 5.02 Å². The molecular weight excluding hydrogens is 278 g/mol. The van der Waals surface area contributed by atoms with Gasteiger partial charge in [-0.25, -0.2) is 4.79 Å². The molecule has 0 aromatic heterocycles. The zero-order chi connectivity index (χ0) is 14.3. The van der Waals surface area contributed by atoms with Gasteiger partial charge in [0, 0.05) is 30.9 Å². The fraction of sp³-hybridized carbons (Fsp3) is 0.500. The molecule has 1 unspecified atom stereocenters. The van der Waals surface area contributed by atoms with Gasteiger partial charge in [-0.1, -0.05) is 11.6 Å². The molecule has 0 bridgehead atoms. The summed E-state index contributed by atoms with van der Waals surface area (Å²) in [4.78, 5) is 13.8. The molecule has 1 aromatic rings. The number of anilines is 2. The molecule has 0 spiro atoms. The second kappa shape index (κ2) is 5.14. The highest BCUT2D eigenvalue weighted by Gasteiger charge is 2.34. The molecule has 3 rings (SSSR count). The van der Waals surface area contributed by atoms with Gasteiger partial charge in [0.15, 0.2) is 0 Å². The first kappa shape index (κ1) is 13.5. The summed E-state index contributed by atoms with van der Waals surface area (Å²) >= 11 is 6.15. The summed E-state index contributed by atoms with van der Waals surface area (Å²) in [6.45, 7) is 2.02. The molecule has 1 aliphatic heterocycles. The van der Waals surface area contributed by atoms with E-state index in [4.69, 9.17) is 17.3 Å². The van der Waals surface area contributed by atoms with Crippen LogP contribution in [0.3, 0.4) is 0 Å². The number of hydrogen-bond donors (Lipinski definition) is 3. The predicted octanol–water partition coefficient (Wildman–Crippen LogP) is 2.27. The number of likely N-dealkylation sites (tertiary alicyclic amines) is 1. The number of nitrogens with zero attached hydrogens (tertiary/aromatic N) is 1. The topological polar surface area (TPSA) is 78.6 Å². The third-order valence-corrected chi connectivity index (χ3v) is 4.27. The van der Waals surface area contributed by atoms with Crippen molar-refractivity contribution in [3.8, 4) is 0 Å². The molecule has 6 heteroatoms. The SMILES string of the molecule is Nc1cc(Cl)c(NC2CCN(C3CC3)C2)c(C(=O)O)c1. The molecule has 20 heavy (non-hydrogen) atoms. The van der Waals surface area contributed by atoms with Crippen molar-refractivity contribution < 1.29 is 9.90 Å². The van der Waals surface area contributed by atoms with Gasteiger partial charge in [0.2, 0.25) is 0 Å². The van der Waals surface area contributed by atoms with Crippen molar-refractivity contribution in [1.82, 2.24) is 4.90 Å². The molecule has 1 saturated heterocycles. The van der Waals surface area contributed by atoms with E-state index in [1.807, 2.05) is 0 Å². The molecule has 1 aliphatic carbocycles. The van der Waals surface area contributed by atoms with Crippen LogP contribution in [-0.2, 0) is 0 Å². The number of nitrogen functional groups attached to an aromatic ring is 1. The molecule has 4 N–H and O–H groups in total. The highest BCUT2D eigenvalue weighted by molar-refractivity contribution is 6.34. The number of aromatic carboxylic acids is 1. The molecule has 0 radical (unpaired) electrons. The van der Waals surface area contributed by atoms with Crippen molar-refractivity contribution in [3.05, 3.63) is 22.7 Å². The zero-order valence-corrected chi connectivity index (χ0v) is 11.9. The van der Waals surface area contributed by atoms with Crippen LogP contribution < -0.4 is 11.1 Å². The maximum Gasteiger partial charge on any atom is 0.337 e. The lowest BCUT2D eigenvalue weighted by atomic mass is 10.1. The van der Waals surface area contributed by atoms with E-state index in [0.29, 0.717) is 16.4 Å². The Morgan fingerprint density at radius 2 is 2.15 bits per heavy atom. The van der Waals surface area contributed by atoms with Crippen molar-refractivity contribution >= 4 is 28.9 Å². The number of carbonyl (C=O) groups is 1. The van der Waals surface area contributed by atoms with Crippen LogP contribution in [0.4, 0.5) is 11.4 Å². The highest BCUT2D eigenvalue weighted by Crippen LogP contribution is 2.33. The quantitative estimate of drug-likeness (QED) is 0.743. The van der Waals surface area contributed by atoms with Gasteiger partial charge in [-0.15, -0.1) is 0 Å². The second-order valence-corrected chi connectivity index (χ2v) is 5.99. The zero-order valence-electron chi connectivity index (χ0n) is 11.1. The van der Waals surface area contributed by atoms with E-state index < -0.39 is 5.97 Å². The number of carboxylic acid groups (broad SMARTS) is 1. The van der Waals surface area contributed by atoms with Crippen LogP contribution in [0.15, 0.2) is 12.1 Å². The Hall–Kier alpha value is -1.46. The largest absolute Gasteiger partial charge is 0.478 e. The Morgan fingerprint density at radius 3 is 2.80 bits per heavy atom. The molecule has 0 amide bonds. The summed E-state index contributed by atoms with van der Waals surface area (Å²) in [5, 5.41) is 12.9. The summed E-state index contributed by atoms with van der Waals surface area (Å²) in [5.74, 6) is -1.02. The first-order valence-corrected chi connectivity index (χ1v) is 7.25. The molecule has 2 fully saturated rings. The van der Waals surface area contributed by atoms with Crippen molar-refractivity contribution in [1.29, 1.82) is 0 Å². The Balaban J connectivity index is 1.78. The highest BCUT2D eigenvalue weighted by atomic mass is 35.5. The van der Waals surface area contributed by atoms with E-state index in [-0.39, 0.29) is 11.6 Å². The minimum Gasteiger partial charge on any atom is -0.478 e. The fourth-order valence-electron chi connectivity index (χ4n) is 2.82. The standard InChI is InChI=1S/C14H18ClN3O2/c15-12-6-8(16)5-11(14(19)20)13(12)17-9-3-4-18(7-9)10-1-2-10/h5-6,9-10,17H,1-4,7,16H2,(H,19,20). The molecular formula is C14H18ClN3O2. The van der Waals surface area contributed by atoms with Crippen LogP contribution in [0.25, 0.3) is 0 Å². The van der Waals surface area contributed by atoms with Gasteiger partial charge in [-0.3, -0.25) is 4.90 Å². The monoisotopic (exact) mass is 295 g/mol. The molecule has 108 valence electrons. The number of hydrogen-bond acceptors (Lipinski definition) is 4. The lowest BCUT2D eigenvalue weighted by Gasteiger charge is -2.19. The first-order chi connectivity index (χ1) is 9.54. The second-order valence-electron chi connectivity index (χ2n) is 5.59. The average Bonchev–Trinajstić information content (AvgIpc) is 3.12. The lowest BCUT2D eigenvalue weighted by molar-refractivity contribution is 0.0698. The third-order valence-electron chi connectivity index (χ3n) is 3.97. The van der Waals surface area contributed by atoms with E-state index in [1.165, 1.54) is 18.9 Å². The normalized spacial score (nSPS) is 22.9. The number of nitrogens with one attached hydrogen (secondary N) is 1. The van der Waals surface area contributed by atoms with E-state index in [1.54, 1.807) is 6.07 Å². The molecule has 2 aliphatic rings. The number of rotatable bonds is 4. The number of benzene rings is 1. The minimum absolute atomic E-state index is 0.139.